The third-order valence-corrected chi connectivity index (χ3v) is 4.72. The quantitative estimate of drug-likeness (QED) is 0.765. The molecule has 0 aliphatic carbocycles. The second-order valence-corrected chi connectivity index (χ2v) is 6.45. The summed E-state index contributed by atoms with van der Waals surface area (Å²) in [5.74, 6) is 0.998. The third kappa shape index (κ3) is 3.94. The van der Waals surface area contributed by atoms with E-state index in [4.69, 9.17) is 0 Å². The van der Waals surface area contributed by atoms with Crippen LogP contribution in [0.15, 0.2) is 33.1 Å². The normalized spacial score (nSPS) is 10.6. The van der Waals surface area contributed by atoms with E-state index in [9.17, 15) is 0 Å². The van der Waals surface area contributed by atoms with Gasteiger partial charge in [-0.2, -0.15) is 0 Å². The maximum Gasteiger partial charge on any atom is 0.133 e. The van der Waals surface area contributed by atoms with Crippen molar-refractivity contribution in [1.29, 1.82) is 0 Å². The van der Waals surface area contributed by atoms with E-state index in [1.807, 2.05) is 0 Å². The first-order valence-electron chi connectivity index (χ1n) is 6.64. The summed E-state index contributed by atoms with van der Waals surface area (Å²) >= 11 is 3.49. The first-order valence-corrected chi connectivity index (χ1v) is 8.33. The van der Waals surface area contributed by atoms with Crippen molar-refractivity contribution in [2.24, 2.45) is 0 Å². The number of hydrogen-bond donors (Lipinski definition) is 1. The number of rotatable bonds is 7. The Morgan fingerprint density at radius 1 is 1.26 bits per heavy atom. The topological polar surface area (TPSA) is 37.8 Å². The highest BCUT2D eigenvalue weighted by Gasteiger charge is 2.12. The first kappa shape index (κ1) is 14.3. The van der Waals surface area contributed by atoms with Crippen molar-refractivity contribution >= 4 is 28.9 Å². The zero-order valence-corrected chi connectivity index (χ0v) is 13.0. The highest BCUT2D eigenvalue weighted by molar-refractivity contribution is 8.01. The number of nitrogens with one attached hydrogen (secondary N) is 1. The average molecular weight is 293 g/mol. The molecule has 102 valence electrons. The molecule has 0 amide bonds. The second-order valence-electron chi connectivity index (χ2n) is 4.22. The lowest BCUT2D eigenvalue weighted by Crippen LogP contribution is -2.07. The molecule has 2 heterocycles. The molecule has 0 spiro atoms. The van der Waals surface area contributed by atoms with E-state index in [1.165, 1.54) is 9.77 Å². The van der Waals surface area contributed by atoms with Gasteiger partial charge in [0, 0.05) is 12.1 Å². The number of anilines is 1. The zero-order chi connectivity index (χ0) is 13.5. The minimum Gasteiger partial charge on any atom is -0.370 e. The SMILES string of the molecule is CCCNc1ncnc(Sc2cccs2)c1CCC. The van der Waals surface area contributed by atoms with Crippen molar-refractivity contribution in [1.82, 2.24) is 9.97 Å². The van der Waals surface area contributed by atoms with E-state index in [0.29, 0.717) is 0 Å². The van der Waals surface area contributed by atoms with E-state index in [-0.39, 0.29) is 0 Å². The van der Waals surface area contributed by atoms with Crippen LogP contribution >= 0.6 is 23.1 Å². The molecule has 2 aromatic heterocycles. The third-order valence-electron chi connectivity index (χ3n) is 2.64. The van der Waals surface area contributed by atoms with Crippen molar-refractivity contribution < 1.29 is 0 Å². The molecule has 0 saturated carbocycles. The maximum absolute atomic E-state index is 4.46. The largest absolute Gasteiger partial charge is 0.370 e. The van der Waals surface area contributed by atoms with Gasteiger partial charge in [-0.15, -0.1) is 11.3 Å². The fraction of sp³-hybridized carbons (Fsp3) is 0.429. The molecule has 3 nitrogen and oxygen atoms in total. The smallest absolute Gasteiger partial charge is 0.133 e. The van der Waals surface area contributed by atoms with Gasteiger partial charge in [-0.1, -0.05) is 38.1 Å². The predicted molar refractivity (Wildman–Crippen MR) is 83.2 cm³/mol. The van der Waals surface area contributed by atoms with E-state index < -0.39 is 0 Å². The van der Waals surface area contributed by atoms with Crippen LogP contribution in [0.1, 0.15) is 32.3 Å². The molecule has 0 unspecified atom stereocenters. The lowest BCUT2D eigenvalue weighted by atomic mass is 10.2. The van der Waals surface area contributed by atoms with Crippen LogP contribution in [0.3, 0.4) is 0 Å². The van der Waals surface area contributed by atoms with Gasteiger partial charge in [0.15, 0.2) is 0 Å². The van der Waals surface area contributed by atoms with Crippen molar-refractivity contribution in [2.45, 2.75) is 42.3 Å². The van der Waals surface area contributed by atoms with Gasteiger partial charge >= 0.3 is 0 Å². The van der Waals surface area contributed by atoms with Gasteiger partial charge in [-0.05, 0) is 24.3 Å². The fourth-order valence-corrected chi connectivity index (χ4v) is 3.58. The number of nitrogens with zero attached hydrogens (tertiary/aromatic N) is 2. The molecule has 0 bridgehead atoms. The molecule has 0 radical (unpaired) electrons. The summed E-state index contributed by atoms with van der Waals surface area (Å²) in [6.07, 6.45) is 4.88. The van der Waals surface area contributed by atoms with Crippen molar-refractivity contribution in [3.8, 4) is 0 Å². The summed E-state index contributed by atoms with van der Waals surface area (Å²) in [5.41, 5.74) is 1.25. The summed E-state index contributed by atoms with van der Waals surface area (Å²) in [4.78, 5) is 8.85. The van der Waals surface area contributed by atoms with E-state index >= 15 is 0 Å². The van der Waals surface area contributed by atoms with E-state index in [1.54, 1.807) is 29.4 Å². The van der Waals surface area contributed by atoms with Gasteiger partial charge in [0.25, 0.3) is 0 Å². The minimum atomic E-state index is 0.955. The summed E-state index contributed by atoms with van der Waals surface area (Å²) in [6.45, 7) is 5.31. The van der Waals surface area contributed by atoms with Gasteiger partial charge in [0.1, 0.15) is 17.2 Å². The number of aromatic nitrogens is 2. The molecule has 19 heavy (non-hydrogen) atoms. The minimum absolute atomic E-state index is 0.955. The van der Waals surface area contributed by atoms with E-state index in [2.05, 4.69) is 46.6 Å². The summed E-state index contributed by atoms with van der Waals surface area (Å²) in [5, 5.41) is 6.58. The van der Waals surface area contributed by atoms with Crippen LogP contribution in [0.5, 0.6) is 0 Å². The highest BCUT2D eigenvalue weighted by Crippen LogP contribution is 2.34. The lowest BCUT2D eigenvalue weighted by molar-refractivity contribution is 0.849. The van der Waals surface area contributed by atoms with Gasteiger partial charge in [0.05, 0.1) is 4.21 Å². The van der Waals surface area contributed by atoms with Crippen molar-refractivity contribution in [3.63, 3.8) is 0 Å². The standard InChI is InChI=1S/C14H19N3S2/c1-3-6-11-13(15-8-4-2)16-10-17-14(11)19-12-7-5-9-18-12/h5,7,9-10H,3-4,6,8H2,1-2H3,(H,15,16,17). The summed E-state index contributed by atoms with van der Waals surface area (Å²) in [7, 11) is 0. The molecule has 0 aliphatic heterocycles. The monoisotopic (exact) mass is 293 g/mol. The Morgan fingerprint density at radius 3 is 2.84 bits per heavy atom. The lowest BCUT2D eigenvalue weighted by Gasteiger charge is -2.12. The Balaban J connectivity index is 2.25. The van der Waals surface area contributed by atoms with Crippen molar-refractivity contribution in [3.05, 3.63) is 29.4 Å². The molecule has 0 fully saturated rings. The van der Waals surface area contributed by atoms with E-state index in [0.717, 1.165) is 36.7 Å². The average Bonchev–Trinajstić information content (AvgIpc) is 2.92. The molecular formula is C14H19N3S2. The Kier molecular flexibility index (Phi) is 5.66. The summed E-state index contributed by atoms with van der Waals surface area (Å²) in [6, 6.07) is 4.20. The predicted octanol–water partition coefficient (Wildman–Crippen LogP) is 4.46. The number of hydrogen-bond acceptors (Lipinski definition) is 5. The Morgan fingerprint density at radius 2 is 2.16 bits per heavy atom. The van der Waals surface area contributed by atoms with Gasteiger partial charge in [-0.25, -0.2) is 9.97 Å². The zero-order valence-electron chi connectivity index (χ0n) is 11.3. The Hall–Kier alpha value is -1.07. The highest BCUT2D eigenvalue weighted by atomic mass is 32.2. The van der Waals surface area contributed by atoms with Crippen molar-refractivity contribution in [2.75, 3.05) is 11.9 Å². The Bertz CT molecular complexity index is 497. The van der Waals surface area contributed by atoms with Crippen LogP contribution in [-0.4, -0.2) is 16.5 Å². The molecule has 5 heteroatoms. The van der Waals surface area contributed by atoms with Gasteiger partial charge in [0.2, 0.25) is 0 Å². The molecule has 0 atom stereocenters. The van der Waals surface area contributed by atoms with Crippen LogP contribution in [-0.2, 0) is 6.42 Å². The molecule has 0 saturated heterocycles. The molecule has 0 aliphatic rings. The maximum atomic E-state index is 4.46. The van der Waals surface area contributed by atoms with Gasteiger partial charge < -0.3 is 5.32 Å². The fourth-order valence-electron chi connectivity index (χ4n) is 1.77. The molecule has 2 aromatic rings. The molecule has 2 rings (SSSR count). The molecule has 1 N–H and O–H groups in total. The van der Waals surface area contributed by atoms with Gasteiger partial charge in [-0.3, -0.25) is 0 Å². The molecular weight excluding hydrogens is 274 g/mol. The summed E-state index contributed by atoms with van der Waals surface area (Å²) < 4.78 is 1.28. The van der Waals surface area contributed by atoms with Crippen LogP contribution in [0, 0.1) is 0 Å². The molecule has 0 aromatic carbocycles. The van der Waals surface area contributed by atoms with Crippen LogP contribution < -0.4 is 5.32 Å². The Labute approximate surface area is 122 Å². The van der Waals surface area contributed by atoms with Crippen LogP contribution in [0.25, 0.3) is 0 Å². The first-order chi connectivity index (χ1) is 9.35. The number of thiophene rings is 1. The second kappa shape index (κ2) is 7.50. The van der Waals surface area contributed by atoms with Crippen LogP contribution in [0.2, 0.25) is 0 Å². The van der Waals surface area contributed by atoms with Crippen LogP contribution in [0.4, 0.5) is 5.82 Å².